The van der Waals surface area contributed by atoms with Gasteiger partial charge in [-0.3, -0.25) is 4.79 Å². The Morgan fingerprint density at radius 3 is 2.84 bits per heavy atom. The molecule has 6 heteroatoms. The van der Waals surface area contributed by atoms with Crippen molar-refractivity contribution >= 4 is 15.7 Å². The summed E-state index contributed by atoms with van der Waals surface area (Å²) in [5.74, 6) is -0.856. The van der Waals surface area contributed by atoms with Crippen LogP contribution in [0.2, 0.25) is 0 Å². The van der Waals surface area contributed by atoms with Crippen LogP contribution in [0.15, 0.2) is 18.2 Å². The number of amides is 1. The summed E-state index contributed by atoms with van der Waals surface area (Å²) in [6.45, 7) is 2.05. The molecule has 1 aliphatic rings. The zero-order valence-electron chi connectivity index (χ0n) is 10.6. The first-order valence-electron chi connectivity index (χ1n) is 6.12. The first-order chi connectivity index (χ1) is 8.87. The van der Waals surface area contributed by atoms with Crippen molar-refractivity contribution < 1.29 is 17.6 Å². The molecule has 1 aliphatic heterocycles. The summed E-state index contributed by atoms with van der Waals surface area (Å²) < 4.78 is 36.1. The second-order valence-corrected chi connectivity index (χ2v) is 7.19. The van der Waals surface area contributed by atoms with Gasteiger partial charge in [-0.25, -0.2) is 12.8 Å². The van der Waals surface area contributed by atoms with Crippen molar-refractivity contribution in [1.29, 1.82) is 0 Å². The van der Waals surface area contributed by atoms with Crippen molar-refractivity contribution in [2.45, 2.75) is 13.3 Å². The molecule has 2 rings (SSSR count). The van der Waals surface area contributed by atoms with Crippen LogP contribution in [0, 0.1) is 18.7 Å². The van der Waals surface area contributed by atoms with E-state index in [0.717, 1.165) is 5.56 Å². The van der Waals surface area contributed by atoms with Crippen molar-refractivity contribution in [1.82, 2.24) is 5.32 Å². The number of hydrogen-bond donors (Lipinski definition) is 1. The molecule has 1 aromatic carbocycles. The second kappa shape index (κ2) is 5.28. The third kappa shape index (κ3) is 3.53. The predicted molar refractivity (Wildman–Crippen MR) is 70.2 cm³/mol. The second-order valence-electron chi connectivity index (χ2n) is 4.96. The minimum atomic E-state index is -2.95. The highest BCUT2D eigenvalue weighted by Crippen LogP contribution is 2.17. The quantitative estimate of drug-likeness (QED) is 0.910. The van der Waals surface area contributed by atoms with Crippen LogP contribution in [0.25, 0.3) is 0 Å². The summed E-state index contributed by atoms with van der Waals surface area (Å²) >= 11 is 0. The van der Waals surface area contributed by atoms with Crippen molar-refractivity contribution in [2.75, 3.05) is 18.1 Å². The van der Waals surface area contributed by atoms with E-state index in [1.54, 1.807) is 13.0 Å². The highest BCUT2D eigenvalue weighted by molar-refractivity contribution is 7.91. The van der Waals surface area contributed by atoms with Gasteiger partial charge in [-0.2, -0.15) is 0 Å². The van der Waals surface area contributed by atoms with Gasteiger partial charge in [0.15, 0.2) is 9.84 Å². The largest absolute Gasteiger partial charge is 0.352 e. The van der Waals surface area contributed by atoms with Crippen molar-refractivity contribution in [3.63, 3.8) is 0 Å². The van der Waals surface area contributed by atoms with Crippen molar-refractivity contribution in [2.24, 2.45) is 5.92 Å². The molecule has 0 saturated carbocycles. The molecule has 104 valence electrons. The molecule has 0 aromatic heterocycles. The fourth-order valence-corrected chi connectivity index (χ4v) is 4.04. The number of hydrogen-bond acceptors (Lipinski definition) is 3. The fourth-order valence-electron chi connectivity index (χ4n) is 2.18. The van der Waals surface area contributed by atoms with Gasteiger partial charge in [-0.1, -0.05) is 11.6 Å². The highest BCUT2D eigenvalue weighted by atomic mass is 32.2. The Balaban J connectivity index is 1.97. The third-order valence-corrected chi connectivity index (χ3v) is 5.08. The van der Waals surface area contributed by atoms with Gasteiger partial charge in [-0.05, 0) is 31.4 Å². The van der Waals surface area contributed by atoms with Gasteiger partial charge in [0.2, 0.25) is 0 Å². The minimum Gasteiger partial charge on any atom is -0.352 e. The number of benzene rings is 1. The Bertz CT molecular complexity index is 598. The van der Waals surface area contributed by atoms with E-state index in [9.17, 15) is 17.6 Å². The Kier molecular flexibility index (Phi) is 3.89. The van der Waals surface area contributed by atoms with Gasteiger partial charge in [-0.15, -0.1) is 0 Å². The molecule has 1 aromatic rings. The van der Waals surface area contributed by atoms with Gasteiger partial charge in [0.05, 0.1) is 17.1 Å². The van der Waals surface area contributed by atoms with E-state index < -0.39 is 21.6 Å². The lowest BCUT2D eigenvalue weighted by Gasteiger charge is -2.10. The molecular formula is C13H16FNO3S. The zero-order valence-corrected chi connectivity index (χ0v) is 11.5. The smallest absolute Gasteiger partial charge is 0.254 e. The Hall–Kier alpha value is -1.43. The van der Waals surface area contributed by atoms with E-state index in [4.69, 9.17) is 0 Å². The number of halogens is 1. The Labute approximate surface area is 111 Å². The monoisotopic (exact) mass is 285 g/mol. The van der Waals surface area contributed by atoms with Crippen LogP contribution < -0.4 is 5.32 Å². The normalized spacial score (nSPS) is 21.3. The maximum absolute atomic E-state index is 13.5. The molecule has 1 unspecified atom stereocenters. The van der Waals surface area contributed by atoms with E-state index in [2.05, 4.69) is 5.32 Å². The van der Waals surface area contributed by atoms with Crippen LogP contribution in [0.4, 0.5) is 4.39 Å². The van der Waals surface area contributed by atoms with Gasteiger partial charge in [0.1, 0.15) is 5.82 Å². The summed E-state index contributed by atoms with van der Waals surface area (Å²) in [7, 11) is -2.95. The number of aryl methyl sites for hydroxylation is 1. The average molecular weight is 285 g/mol. The molecule has 0 aliphatic carbocycles. The van der Waals surface area contributed by atoms with Crippen molar-refractivity contribution in [3.05, 3.63) is 35.1 Å². The maximum Gasteiger partial charge on any atom is 0.254 e. The molecule has 1 N–H and O–H groups in total. The van der Waals surface area contributed by atoms with Gasteiger partial charge in [0, 0.05) is 6.54 Å². The zero-order chi connectivity index (χ0) is 14.0. The third-order valence-electron chi connectivity index (χ3n) is 3.24. The van der Waals surface area contributed by atoms with Crippen LogP contribution >= 0.6 is 0 Å². The van der Waals surface area contributed by atoms with Crippen LogP contribution in [-0.2, 0) is 9.84 Å². The lowest BCUT2D eigenvalue weighted by Crippen LogP contribution is -2.30. The molecule has 0 bridgehead atoms. The van der Waals surface area contributed by atoms with E-state index in [1.807, 2.05) is 0 Å². The molecular weight excluding hydrogens is 269 g/mol. The molecule has 1 saturated heterocycles. The van der Waals surface area contributed by atoms with E-state index in [-0.39, 0.29) is 29.5 Å². The van der Waals surface area contributed by atoms with E-state index in [0.29, 0.717) is 6.42 Å². The number of sulfone groups is 1. The molecule has 4 nitrogen and oxygen atoms in total. The summed E-state index contributed by atoms with van der Waals surface area (Å²) in [6, 6.07) is 4.33. The molecule has 1 atom stereocenters. The molecule has 1 heterocycles. The predicted octanol–water partition coefficient (Wildman–Crippen LogP) is 1.30. The van der Waals surface area contributed by atoms with Crippen LogP contribution in [0.1, 0.15) is 22.3 Å². The lowest BCUT2D eigenvalue weighted by atomic mass is 10.1. The summed E-state index contributed by atoms with van der Waals surface area (Å²) in [6.07, 6.45) is 0.554. The number of carbonyl (C=O) groups excluding carboxylic acids is 1. The lowest BCUT2D eigenvalue weighted by molar-refractivity contribution is 0.0944. The molecule has 19 heavy (non-hydrogen) atoms. The van der Waals surface area contributed by atoms with E-state index in [1.165, 1.54) is 12.1 Å². The van der Waals surface area contributed by atoms with Gasteiger partial charge < -0.3 is 5.32 Å². The van der Waals surface area contributed by atoms with Gasteiger partial charge in [0.25, 0.3) is 5.91 Å². The SMILES string of the molecule is Cc1ccc(F)c(C(=O)NCC2CCS(=O)(=O)C2)c1. The Morgan fingerprint density at radius 2 is 2.21 bits per heavy atom. The topological polar surface area (TPSA) is 63.2 Å². The van der Waals surface area contributed by atoms with Gasteiger partial charge >= 0.3 is 0 Å². The van der Waals surface area contributed by atoms with Crippen molar-refractivity contribution in [3.8, 4) is 0 Å². The maximum atomic E-state index is 13.5. The van der Waals surface area contributed by atoms with E-state index >= 15 is 0 Å². The highest BCUT2D eigenvalue weighted by Gasteiger charge is 2.28. The summed E-state index contributed by atoms with van der Waals surface area (Å²) in [4.78, 5) is 11.8. The standard InChI is InChI=1S/C13H16FNO3S/c1-9-2-3-12(14)11(6-9)13(16)15-7-10-4-5-19(17,18)8-10/h2-3,6,10H,4-5,7-8H2,1H3,(H,15,16). The molecule has 1 fully saturated rings. The molecule has 0 spiro atoms. The number of rotatable bonds is 3. The Morgan fingerprint density at radius 1 is 1.47 bits per heavy atom. The molecule has 0 radical (unpaired) electrons. The van der Waals surface area contributed by atoms with Crippen LogP contribution in [-0.4, -0.2) is 32.4 Å². The van der Waals surface area contributed by atoms with Crippen LogP contribution in [0.5, 0.6) is 0 Å². The fraction of sp³-hybridized carbons (Fsp3) is 0.462. The first kappa shape index (κ1) is 14.0. The summed E-state index contributed by atoms with van der Waals surface area (Å²) in [5, 5.41) is 2.60. The minimum absolute atomic E-state index is 0.000791. The molecule has 1 amide bonds. The number of carbonyl (C=O) groups is 1. The summed E-state index contributed by atoms with van der Waals surface area (Å²) in [5.41, 5.74) is 0.802. The first-order valence-corrected chi connectivity index (χ1v) is 7.94. The van der Waals surface area contributed by atoms with Crippen LogP contribution in [0.3, 0.4) is 0 Å². The average Bonchev–Trinajstić information content (AvgIpc) is 2.69. The number of nitrogens with one attached hydrogen (secondary N) is 1.